The van der Waals surface area contributed by atoms with Gasteiger partial charge in [0, 0.05) is 40.8 Å². The number of esters is 2. The number of primary amides is 1. The third-order valence-corrected chi connectivity index (χ3v) is 17.9. The van der Waals surface area contributed by atoms with Crippen LogP contribution in [-0.4, -0.2) is 179 Å². The maximum absolute atomic E-state index is 15.1. The van der Waals surface area contributed by atoms with Crippen molar-refractivity contribution in [2.24, 2.45) is 11.7 Å². The Balaban J connectivity index is 1.44. The van der Waals surface area contributed by atoms with Crippen molar-refractivity contribution in [3.8, 4) is 0 Å². The highest BCUT2D eigenvalue weighted by atomic mass is 35.5. The largest absolute Gasteiger partial charge is 0.480 e. The number of ether oxygens (including phenoxy) is 5. The second kappa shape index (κ2) is 43.2. The minimum Gasteiger partial charge on any atom is -0.480 e. The molecule has 1 heterocycles. The Morgan fingerprint density at radius 2 is 0.932 bits per heavy atom. The lowest BCUT2D eigenvalue weighted by atomic mass is 9.98. The topological polar surface area (TPSA) is 443 Å². The molecule has 5 rings (SSSR count). The third kappa shape index (κ3) is 30.8. The number of hydrogen-bond donors (Lipinski definition) is 11. The first-order chi connectivity index (χ1) is 48.9. The van der Waals surface area contributed by atoms with Crippen LogP contribution in [0.2, 0.25) is 10.0 Å². The van der Waals surface area contributed by atoms with E-state index in [9.17, 15) is 62.6 Å². The molecule has 1 saturated heterocycles. The highest BCUT2D eigenvalue weighted by Crippen LogP contribution is 2.24. The number of hydrogen-bond acceptors (Lipinski definition) is 19. The van der Waals surface area contributed by atoms with Gasteiger partial charge in [0.05, 0.1) is 19.3 Å². The summed E-state index contributed by atoms with van der Waals surface area (Å²) in [6, 6.07) is 0.793. The Bertz CT molecular complexity index is 3250. The van der Waals surface area contributed by atoms with Crippen LogP contribution >= 0.6 is 23.2 Å². The predicted molar refractivity (Wildman–Crippen MR) is 374 cm³/mol. The van der Waals surface area contributed by atoms with Crippen molar-refractivity contribution < 1.29 is 95.9 Å². The Kier molecular flexibility index (Phi) is 35.5. The first kappa shape index (κ1) is 84.7. The minimum atomic E-state index is -1.97. The number of nitrogens with zero attached hydrogens (tertiary/aromatic N) is 1. The number of unbranched alkanes of at least 4 members (excludes halogenated alkanes) is 2. The summed E-state index contributed by atoms with van der Waals surface area (Å²) in [5.74, 6) is -12.2. The molecule has 0 unspecified atom stereocenters. The average Bonchev–Trinajstić information content (AvgIpc) is 1.82. The minimum absolute atomic E-state index is 0.0137. The van der Waals surface area contributed by atoms with Gasteiger partial charge in [0.25, 0.3) is 0 Å². The molecule has 570 valence electrons. The maximum atomic E-state index is 15.1. The summed E-state index contributed by atoms with van der Waals surface area (Å²) in [5.41, 5.74) is 5.68. The van der Waals surface area contributed by atoms with E-state index in [4.69, 9.17) is 52.6 Å². The molecule has 11 amide bonds. The molecule has 2 aromatic carbocycles. The van der Waals surface area contributed by atoms with Crippen molar-refractivity contribution in [2.45, 2.75) is 256 Å². The number of alkyl carbamates (subject to hydrolysis) is 3. The fourth-order valence-corrected chi connectivity index (χ4v) is 12.1. The molecule has 103 heavy (non-hydrogen) atoms. The van der Waals surface area contributed by atoms with Gasteiger partial charge in [-0.05, 0) is 148 Å². The van der Waals surface area contributed by atoms with Gasteiger partial charge in [-0.3, -0.25) is 47.9 Å². The fraction of sp³-hybridized carbons (Fsp3) is 0.629. The van der Waals surface area contributed by atoms with E-state index in [0.717, 1.165) is 43.4 Å². The number of carboxylic acid groups (broad SMARTS) is 1. The number of carbonyl (C=O) groups is 14. The first-order valence-electron chi connectivity index (χ1n) is 35.2. The SMILES string of the molecule is CC(C)[C@H](NC(=O)[C@H](CC(N)=O)NC(=O)[C@H](CC(=O)OC1CCCCC1)NC(=O)[C@H](CCCCNC(=O)OCc1ccccc1Cl)NC(=O)[C@H](CC(=O)OC1CCCCC1)NC(=O)[C@H](CCCCNC(=O)OCc1ccccc1Cl)NC(=O)OC(C)(C)C)C(=O)N[C@@H](C)C(=O)N1CCC[C@H]1C(=O)O. The Labute approximate surface area is 609 Å². The van der Waals surface area contributed by atoms with Crippen molar-refractivity contribution >= 4 is 107 Å². The van der Waals surface area contributed by atoms with Crippen LogP contribution in [0.5, 0.6) is 0 Å². The molecule has 8 atom stereocenters. The van der Waals surface area contributed by atoms with E-state index in [0.29, 0.717) is 53.3 Å². The van der Waals surface area contributed by atoms with Gasteiger partial charge >= 0.3 is 36.2 Å². The normalized spacial score (nSPS) is 16.8. The number of benzene rings is 2. The van der Waals surface area contributed by atoms with Gasteiger partial charge in [0.1, 0.15) is 79.4 Å². The van der Waals surface area contributed by atoms with Gasteiger partial charge in [-0.2, -0.15) is 0 Å². The van der Waals surface area contributed by atoms with Gasteiger partial charge in [-0.15, -0.1) is 0 Å². The molecule has 31 nitrogen and oxygen atoms in total. The van der Waals surface area contributed by atoms with Gasteiger partial charge < -0.3 is 87.3 Å². The number of nitrogens with two attached hydrogens (primary N) is 1. The molecular weight excluding hydrogens is 1390 g/mol. The summed E-state index contributed by atoms with van der Waals surface area (Å²) in [5, 5.41) is 33.2. The smallest absolute Gasteiger partial charge is 0.408 e. The highest BCUT2D eigenvalue weighted by Gasteiger charge is 2.40. The zero-order chi connectivity index (χ0) is 75.8. The van der Waals surface area contributed by atoms with E-state index in [1.165, 1.54) is 6.92 Å². The summed E-state index contributed by atoms with van der Waals surface area (Å²) in [4.78, 5) is 193. The molecule has 0 aromatic heterocycles. The number of carbonyl (C=O) groups excluding carboxylic acids is 13. The third-order valence-electron chi connectivity index (χ3n) is 17.2. The van der Waals surface area contributed by atoms with Gasteiger partial charge in [0.15, 0.2) is 0 Å². The van der Waals surface area contributed by atoms with Crippen molar-refractivity contribution in [3.63, 3.8) is 0 Å². The monoisotopic (exact) mass is 1490 g/mol. The molecule has 3 aliphatic rings. The summed E-state index contributed by atoms with van der Waals surface area (Å²) in [6.45, 7) is 9.07. The second-order valence-corrected chi connectivity index (χ2v) is 28.0. The molecule has 3 fully saturated rings. The van der Waals surface area contributed by atoms with Crippen LogP contribution < -0.4 is 53.6 Å². The molecule has 2 saturated carbocycles. The summed E-state index contributed by atoms with van der Waals surface area (Å²) >= 11 is 12.4. The molecule has 0 bridgehead atoms. The van der Waals surface area contributed by atoms with Crippen molar-refractivity contribution in [3.05, 3.63) is 69.7 Å². The Hall–Kier alpha value is -9.00. The first-order valence-corrected chi connectivity index (χ1v) is 35.9. The number of halogens is 2. The quantitative estimate of drug-likeness (QED) is 0.0226. The molecule has 33 heteroatoms. The number of aliphatic carboxylic acids is 1. The van der Waals surface area contributed by atoms with Crippen LogP contribution in [-0.2, 0) is 89.6 Å². The fourth-order valence-electron chi connectivity index (χ4n) is 11.7. The van der Waals surface area contributed by atoms with Gasteiger partial charge in [-0.1, -0.05) is 86.3 Å². The molecular formula is C70H101Cl2N11O20. The van der Waals surface area contributed by atoms with E-state index in [1.54, 1.807) is 83.1 Å². The number of rotatable bonds is 38. The number of nitrogens with one attached hydrogen (secondary N) is 9. The van der Waals surface area contributed by atoms with E-state index < -0.39 is 175 Å². The molecule has 0 radical (unpaired) electrons. The van der Waals surface area contributed by atoms with E-state index in [-0.39, 0.29) is 77.8 Å². The molecule has 12 N–H and O–H groups in total. The lowest BCUT2D eigenvalue weighted by molar-refractivity contribution is -0.153. The number of amides is 11. The predicted octanol–water partition coefficient (Wildman–Crippen LogP) is 5.45. The second-order valence-electron chi connectivity index (χ2n) is 27.2. The van der Waals surface area contributed by atoms with Crippen molar-refractivity contribution in [1.82, 2.24) is 52.8 Å². The summed E-state index contributed by atoms with van der Waals surface area (Å²) in [7, 11) is 0. The summed E-state index contributed by atoms with van der Waals surface area (Å²) < 4.78 is 27.7. The van der Waals surface area contributed by atoms with Gasteiger partial charge in [0.2, 0.25) is 47.3 Å². The Morgan fingerprint density at radius 3 is 1.36 bits per heavy atom. The van der Waals surface area contributed by atoms with Crippen LogP contribution in [0.3, 0.4) is 0 Å². The van der Waals surface area contributed by atoms with Crippen LogP contribution in [0, 0.1) is 5.92 Å². The van der Waals surface area contributed by atoms with Crippen LogP contribution in [0.15, 0.2) is 48.5 Å². The van der Waals surface area contributed by atoms with Gasteiger partial charge in [-0.25, -0.2) is 19.2 Å². The van der Waals surface area contributed by atoms with Crippen LogP contribution in [0.1, 0.15) is 188 Å². The molecule has 0 spiro atoms. The summed E-state index contributed by atoms with van der Waals surface area (Å²) in [6.07, 6.45) is 1.18. The molecule has 1 aliphatic heterocycles. The Morgan fingerprint density at radius 1 is 0.515 bits per heavy atom. The lowest BCUT2D eigenvalue weighted by Gasteiger charge is -2.29. The van der Waals surface area contributed by atoms with Crippen LogP contribution in [0.25, 0.3) is 0 Å². The number of likely N-dealkylation sites (tertiary alicyclic amines) is 1. The van der Waals surface area contributed by atoms with Crippen molar-refractivity contribution in [2.75, 3.05) is 19.6 Å². The lowest BCUT2D eigenvalue weighted by Crippen LogP contribution is -2.61. The van der Waals surface area contributed by atoms with E-state index in [1.807, 2.05) is 0 Å². The van der Waals surface area contributed by atoms with Crippen LogP contribution in [0.4, 0.5) is 14.4 Å². The number of carboxylic acids is 1. The van der Waals surface area contributed by atoms with Crippen molar-refractivity contribution in [1.29, 1.82) is 0 Å². The van der Waals surface area contributed by atoms with E-state index in [2.05, 4.69) is 47.9 Å². The standard InChI is InChI=1S/C70H101Cl2N11O20/c1-41(2)58(64(92)76-42(3)65(93)83-35-21-32-54(83)66(94)95)82-63(91)51(36-55(73)84)78-62(90)53(38-57(86)102-46-26-11-8-12-27-46)79-59(87)49(30-17-19-33-74-67(96)99-39-43-22-13-15-28-47(43)71)77-61(89)52(37-56(85)101-45-24-9-7-10-25-45)80-60(88)50(81-69(98)103-70(4,5)6)31-18-20-34-75-68(97)100-40-44-23-14-16-29-48(44)72/h13-16,22-23,28-29,41-42,45-46,49-54,58H,7-12,17-21,24-27,30-40H2,1-6H3,(H2,73,84)(H,74,96)(H,75,97)(H,76,92)(H,77,89)(H,78,90)(H,79,87)(H,80,88)(H,81,98)(H,82,91)(H,94,95)/t42-,49-,50-,51-,52-,53-,54-,58-/m0/s1. The zero-order valence-corrected chi connectivity index (χ0v) is 60.9. The highest BCUT2D eigenvalue weighted by molar-refractivity contribution is 6.31. The maximum Gasteiger partial charge on any atom is 0.408 e. The zero-order valence-electron chi connectivity index (χ0n) is 59.3. The molecule has 2 aromatic rings. The molecule has 2 aliphatic carbocycles. The average molecular weight is 1490 g/mol. The van der Waals surface area contributed by atoms with E-state index >= 15 is 9.59 Å².